The van der Waals surface area contributed by atoms with Gasteiger partial charge in [0.15, 0.2) is 0 Å². The highest BCUT2D eigenvalue weighted by Crippen LogP contribution is 2.24. The van der Waals surface area contributed by atoms with Crippen molar-refractivity contribution in [3.8, 4) is 17.4 Å². The molecule has 2 aromatic rings. The van der Waals surface area contributed by atoms with Crippen LogP contribution in [-0.2, 0) is 11.3 Å². The monoisotopic (exact) mass is 388 g/mol. The quantitative estimate of drug-likeness (QED) is 0.705. The van der Waals surface area contributed by atoms with Gasteiger partial charge in [0.1, 0.15) is 23.7 Å². The largest absolute Gasteiger partial charge is 0.497 e. The number of pyridine rings is 1. The number of nitrogens with zero attached hydrogens (tertiary/aromatic N) is 2. The van der Waals surface area contributed by atoms with Crippen molar-refractivity contribution in [2.24, 2.45) is 0 Å². The number of amides is 1. The number of benzene rings is 1. The van der Waals surface area contributed by atoms with Gasteiger partial charge in [0.25, 0.3) is 5.91 Å². The molecular weight excluding hydrogens is 364 g/mol. The fourth-order valence-corrected chi connectivity index (χ4v) is 2.54. The minimum Gasteiger partial charge on any atom is -0.497 e. The highest BCUT2D eigenvalue weighted by Gasteiger charge is 2.21. The molecule has 0 bridgehead atoms. The lowest BCUT2D eigenvalue weighted by Crippen LogP contribution is -2.35. The molecule has 8 nitrogen and oxygen atoms in total. The Hall–Kier alpha value is -3.29. The van der Waals surface area contributed by atoms with E-state index in [0.29, 0.717) is 22.9 Å². The van der Waals surface area contributed by atoms with E-state index in [-0.39, 0.29) is 18.3 Å². The molecule has 1 aromatic carbocycles. The zero-order chi connectivity index (χ0) is 20.7. The summed E-state index contributed by atoms with van der Waals surface area (Å²) in [6.07, 6.45) is -0.0998. The van der Waals surface area contributed by atoms with Gasteiger partial charge in [0, 0.05) is 18.7 Å². The minimum absolute atomic E-state index is 0.0512. The van der Waals surface area contributed by atoms with Crippen LogP contribution in [0.1, 0.15) is 29.9 Å². The molecule has 0 fully saturated rings. The van der Waals surface area contributed by atoms with E-state index in [1.807, 2.05) is 13.8 Å². The van der Waals surface area contributed by atoms with Crippen molar-refractivity contribution < 1.29 is 28.9 Å². The first-order valence-corrected chi connectivity index (χ1v) is 8.69. The molecule has 0 atom stereocenters. The van der Waals surface area contributed by atoms with Crippen LogP contribution in [0.15, 0.2) is 36.4 Å². The van der Waals surface area contributed by atoms with Gasteiger partial charge in [-0.1, -0.05) is 6.07 Å². The highest BCUT2D eigenvalue weighted by atomic mass is 16.5. The third kappa shape index (κ3) is 5.87. The molecule has 1 aromatic heterocycles. The molecule has 0 aliphatic rings. The molecule has 0 aliphatic heterocycles. The summed E-state index contributed by atoms with van der Waals surface area (Å²) in [5.41, 5.74) is 0.773. The smallest absolute Gasteiger partial charge is 0.323 e. The fraction of sp³-hybridized carbons (Fsp3) is 0.350. The van der Waals surface area contributed by atoms with Gasteiger partial charge in [-0.3, -0.25) is 9.59 Å². The van der Waals surface area contributed by atoms with E-state index in [4.69, 9.17) is 14.2 Å². The van der Waals surface area contributed by atoms with Crippen molar-refractivity contribution in [1.29, 1.82) is 0 Å². The van der Waals surface area contributed by atoms with Gasteiger partial charge in [-0.05, 0) is 37.6 Å². The molecule has 150 valence electrons. The Morgan fingerprint density at radius 3 is 2.29 bits per heavy atom. The first-order chi connectivity index (χ1) is 13.3. The first-order valence-electron chi connectivity index (χ1n) is 8.69. The molecule has 0 spiro atoms. The molecular formula is C20H24N2O6. The van der Waals surface area contributed by atoms with Crippen molar-refractivity contribution in [1.82, 2.24) is 9.88 Å². The van der Waals surface area contributed by atoms with Gasteiger partial charge < -0.3 is 24.2 Å². The van der Waals surface area contributed by atoms with Crippen LogP contribution in [0.25, 0.3) is 0 Å². The van der Waals surface area contributed by atoms with E-state index >= 15 is 0 Å². The number of aliphatic carboxylic acids is 1. The van der Waals surface area contributed by atoms with Gasteiger partial charge in [0.2, 0.25) is 5.88 Å². The number of hydrogen-bond donors (Lipinski definition) is 1. The van der Waals surface area contributed by atoms with Crippen LogP contribution in [0.2, 0.25) is 0 Å². The van der Waals surface area contributed by atoms with E-state index in [9.17, 15) is 14.7 Å². The maximum Gasteiger partial charge on any atom is 0.323 e. The number of carboxylic acid groups (broad SMARTS) is 1. The number of carbonyl (C=O) groups excluding carboxylic acids is 1. The molecule has 28 heavy (non-hydrogen) atoms. The molecule has 1 amide bonds. The standard InChI is InChI=1S/C20H24N2O6/c1-13(2)28-18-7-5-6-17(21-18)20(25)22(12-19(23)24)11-14-8-15(26-3)10-16(9-14)27-4/h5-10,13H,11-12H2,1-4H3,(H,23,24). The van der Waals surface area contributed by atoms with Gasteiger partial charge in [-0.25, -0.2) is 4.98 Å². The van der Waals surface area contributed by atoms with Crippen LogP contribution in [0.5, 0.6) is 17.4 Å². The van der Waals surface area contributed by atoms with E-state index in [2.05, 4.69) is 4.98 Å². The highest BCUT2D eigenvalue weighted by molar-refractivity contribution is 5.94. The molecule has 0 radical (unpaired) electrons. The summed E-state index contributed by atoms with van der Waals surface area (Å²) in [7, 11) is 3.03. The average Bonchev–Trinajstić information content (AvgIpc) is 2.65. The lowest BCUT2D eigenvalue weighted by atomic mass is 10.1. The summed E-state index contributed by atoms with van der Waals surface area (Å²) in [6, 6.07) is 9.95. The molecule has 0 saturated heterocycles. The molecule has 2 rings (SSSR count). The maximum absolute atomic E-state index is 12.9. The molecule has 1 heterocycles. The Morgan fingerprint density at radius 1 is 1.11 bits per heavy atom. The van der Waals surface area contributed by atoms with Gasteiger partial charge >= 0.3 is 5.97 Å². The van der Waals surface area contributed by atoms with Crippen LogP contribution in [-0.4, -0.2) is 53.7 Å². The molecule has 0 saturated carbocycles. The van der Waals surface area contributed by atoms with E-state index in [0.717, 1.165) is 0 Å². The second-order valence-corrected chi connectivity index (χ2v) is 6.30. The summed E-state index contributed by atoms with van der Waals surface area (Å²) >= 11 is 0. The van der Waals surface area contributed by atoms with Crippen molar-refractivity contribution in [3.05, 3.63) is 47.7 Å². The number of aromatic nitrogens is 1. The average molecular weight is 388 g/mol. The zero-order valence-electron chi connectivity index (χ0n) is 16.3. The molecule has 1 N–H and O–H groups in total. The SMILES string of the molecule is COc1cc(CN(CC(=O)O)C(=O)c2cccc(OC(C)C)n2)cc(OC)c1. The second-order valence-electron chi connectivity index (χ2n) is 6.30. The summed E-state index contributed by atoms with van der Waals surface area (Å²) in [4.78, 5) is 29.6. The lowest BCUT2D eigenvalue weighted by molar-refractivity contribution is -0.137. The Balaban J connectivity index is 2.31. The molecule has 8 heteroatoms. The van der Waals surface area contributed by atoms with Crippen LogP contribution in [0.3, 0.4) is 0 Å². The zero-order valence-corrected chi connectivity index (χ0v) is 16.3. The number of hydrogen-bond acceptors (Lipinski definition) is 6. The summed E-state index contributed by atoms with van der Waals surface area (Å²) < 4.78 is 16.0. The fourth-order valence-electron chi connectivity index (χ4n) is 2.54. The topological polar surface area (TPSA) is 98.2 Å². The minimum atomic E-state index is -1.13. The number of rotatable bonds is 9. The molecule has 0 unspecified atom stereocenters. The van der Waals surface area contributed by atoms with Crippen LogP contribution >= 0.6 is 0 Å². The number of ether oxygens (including phenoxy) is 3. The molecule has 0 aliphatic carbocycles. The van der Waals surface area contributed by atoms with E-state index in [1.54, 1.807) is 30.3 Å². The first kappa shape index (κ1) is 21.0. The van der Waals surface area contributed by atoms with Gasteiger partial charge in [-0.2, -0.15) is 0 Å². The maximum atomic E-state index is 12.9. The van der Waals surface area contributed by atoms with Crippen LogP contribution < -0.4 is 14.2 Å². The summed E-state index contributed by atoms with van der Waals surface area (Å²) in [5, 5.41) is 9.24. The summed E-state index contributed by atoms with van der Waals surface area (Å²) in [5.74, 6) is -0.250. The predicted octanol–water partition coefficient (Wildman–Crippen LogP) is 2.61. The predicted molar refractivity (Wildman–Crippen MR) is 102 cm³/mol. The second kappa shape index (κ2) is 9.59. The Morgan fingerprint density at radius 2 is 1.75 bits per heavy atom. The third-order valence-electron chi connectivity index (χ3n) is 3.70. The van der Waals surface area contributed by atoms with Gasteiger partial charge in [-0.15, -0.1) is 0 Å². The van der Waals surface area contributed by atoms with E-state index in [1.165, 1.54) is 25.2 Å². The van der Waals surface area contributed by atoms with Crippen molar-refractivity contribution in [3.63, 3.8) is 0 Å². The third-order valence-corrected chi connectivity index (χ3v) is 3.70. The summed E-state index contributed by atoms with van der Waals surface area (Å²) in [6.45, 7) is 3.27. The van der Waals surface area contributed by atoms with Crippen molar-refractivity contribution >= 4 is 11.9 Å². The lowest BCUT2D eigenvalue weighted by Gasteiger charge is -2.21. The Labute approximate surface area is 163 Å². The number of carboxylic acids is 1. The normalized spacial score (nSPS) is 10.5. The van der Waals surface area contributed by atoms with Gasteiger partial charge in [0.05, 0.1) is 20.3 Å². The van der Waals surface area contributed by atoms with Crippen LogP contribution in [0.4, 0.5) is 0 Å². The van der Waals surface area contributed by atoms with Crippen molar-refractivity contribution in [2.45, 2.75) is 26.5 Å². The number of carbonyl (C=O) groups is 2. The number of methoxy groups -OCH3 is 2. The Bertz CT molecular complexity index is 815. The van der Waals surface area contributed by atoms with Crippen molar-refractivity contribution in [2.75, 3.05) is 20.8 Å². The Kier molecular flexibility index (Phi) is 7.20. The van der Waals surface area contributed by atoms with Crippen LogP contribution in [0, 0.1) is 0 Å². The van der Waals surface area contributed by atoms with E-state index < -0.39 is 18.4 Å².